The summed E-state index contributed by atoms with van der Waals surface area (Å²) >= 11 is 3.31. The summed E-state index contributed by atoms with van der Waals surface area (Å²) in [5, 5.41) is 6.24. The maximum absolute atomic E-state index is 12.4. The first kappa shape index (κ1) is 22.8. The summed E-state index contributed by atoms with van der Waals surface area (Å²) in [4.78, 5) is 35.9. The van der Waals surface area contributed by atoms with Crippen molar-refractivity contribution in [3.05, 3.63) is 82.2 Å². The molecule has 0 aliphatic heterocycles. The van der Waals surface area contributed by atoms with Crippen molar-refractivity contribution in [3.8, 4) is 11.5 Å². The average Bonchev–Trinajstić information content (AvgIpc) is 3.33. The smallest absolute Gasteiger partial charge is 0.344 e. The predicted octanol–water partition coefficient (Wildman–Crippen LogP) is 3.15. The van der Waals surface area contributed by atoms with E-state index in [9.17, 15) is 14.4 Å². The molecule has 1 aromatic heterocycles. The fraction of sp³-hybridized carbons (Fsp3) is 0.0909. The fourth-order valence-corrected chi connectivity index (χ4v) is 2.95. The van der Waals surface area contributed by atoms with E-state index < -0.39 is 17.8 Å². The molecule has 0 spiro atoms. The number of carbonyl (C=O) groups is 3. The Morgan fingerprint density at radius 2 is 1.91 bits per heavy atom. The molecule has 32 heavy (non-hydrogen) atoms. The summed E-state index contributed by atoms with van der Waals surface area (Å²) in [7, 11) is 1.44. The fourth-order valence-electron chi connectivity index (χ4n) is 2.50. The lowest BCUT2D eigenvalue weighted by Crippen LogP contribution is -2.34. The van der Waals surface area contributed by atoms with Gasteiger partial charge in [0.15, 0.2) is 17.3 Å². The van der Waals surface area contributed by atoms with Crippen LogP contribution in [0.1, 0.15) is 26.5 Å². The van der Waals surface area contributed by atoms with Crippen LogP contribution in [0.25, 0.3) is 0 Å². The van der Waals surface area contributed by atoms with E-state index in [0.29, 0.717) is 21.3 Å². The van der Waals surface area contributed by atoms with Crippen molar-refractivity contribution in [2.45, 2.75) is 0 Å². The molecule has 9 nitrogen and oxygen atoms in total. The third-order valence-corrected chi connectivity index (χ3v) is 4.73. The lowest BCUT2D eigenvalue weighted by Gasteiger charge is -2.10. The van der Waals surface area contributed by atoms with Crippen LogP contribution in [0.2, 0.25) is 0 Å². The summed E-state index contributed by atoms with van der Waals surface area (Å²) in [5.41, 5.74) is 3.26. The van der Waals surface area contributed by atoms with Gasteiger partial charge in [-0.1, -0.05) is 12.1 Å². The number of hydrogen-bond acceptors (Lipinski definition) is 7. The number of carbonyl (C=O) groups excluding carboxylic acids is 3. The quantitative estimate of drug-likeness (QED) is 0.212. The highest BCUT2D eigenvalue weighted by Gasteiger charge is 2.15. The lowest BCUT2D eigenvalue weighted by atomic mass is 10.2. The normalized spacial score (nSPS) is 10.6. The van der Waals surface area contributed by atoms with Gasteiger partial charge < -0.3 is 19.2 Å². The second-order valence-electron chi connectivity index (χ2n) is 6.23. The number of rotatable bonds is 8. The third-order valence-electron chi connectivity index (χ3n) is 4.04. The number of ether oxygens (including phenoxy) is 2. The number of hydrogen-bond donors (Lipinski definition) is 2. The monoisotopic (exact) mass is 499 g/mol. The minimum Gasteiger partial charge on any atom is -0.493 e. The van der Waals surface area contributed by atoms with Crippen molar-refractivity contribution in [2.75, 3.05) is 13.7 Å². The van der Waals surface area contributed by atoms with Gasteiger partial charge in [0.2, 0.25) is 0 Å². The summed E-state index contributed by atoms with van der Waals surface area (Å²) < 4.78 is 16.3. The lowest BCUT2D eigenvalue weighted by molar-refractivity contribution is -0.120. The molecule has 0 radical (unpaired) electrons. The van der Waals surface area contributed by atoms with E-state index in [1.807, 2.05) is 0 Å². The van der Waals surface area contributed by atoms with Crippen LogP contribution in [-0.2, 0) is 4.79 Å². The molecule has 2 amide bonds. The number of nitrogens with one attached hydrogen (secondary N) is 2. The third kappa shape index (κ3) is 6.05. The van der Waals surface area contributed by atoms with E-state index in [1.54, 1.807) is 48.5 Å². The molecule has 0 aliphatic rings. The predicted molar refractivity (Wildman–Crippen MR) is 119 cm³/mol. The topological polar surface area (TPSA) is 119 Å². The van der Waals surface area contributed by atoms with Gasteiger partial charge in [-0.05, 0) is 64.0 Å². The Kier molecular flexibility index (Phi) is 7.76. The molecule has 0 saturated heterocycles. The molecule has 10 heteroatoms. The average molecular weight is 500 g/mol. The van der Waals surface area contributed by atoms with Crippen LogP contribution in [0.15, 0.2) is 74.9 Å². The van der Waals surface area contributed by atoms with Gasteiger partial charge in [-0.3, -0.25) is 9.59 Å². The van der Waals surface area contributed by atoms with Crippen molar-refractivity contribution in [1.82, 2.24) is 10.7 Å². The van der Waals surface area contributed by atoms with Gasteiger partial charge in [0.1, 0.15) is 0 Å². The molecule has 0 saturated carbocycles. The molecule has 0 aliphatic carbocycles. The van der Waals surface area contributed by atoms with E-state index >= 15 is 0 Å². The van der Waals surface area contributed by atoms with Gasteiger partial charge in [-0.15, -0.1) is 0 Å². The molecule has 0 bridgehead atoms. The molecule has 2 N–H and O–H groups in total. The summed E-state index contributed by atoms with van der Waals surface area (Å²) in [6.07, 6.45) is 2.74. The first-order valence-electron chi connectivity index (χ1n) is 9.26. The molecule has 3 rings (SSSR count). The number of benzene rings is 2. The van der Waals surface area contributed by atoms with E-state index in [4.69, 9.17) is 13.9 Å². The zero-order chi connectivity index (χ0) is 22.9. The van der Waals surface area contributed by atoms with Gasteiger partial charge in [0.05, 0.1) is 31.7 Å². The maximum Gasteiger partial charge on any atom is 0.344 e. The number of halogens is 1. The number of amides is 2. The highest BCUT2D eigenvalue weighted by molar-refractivity contribution is 9.10. The van der Waals surface area contributed by atoms with Crippen LogP contribution in [0.4, 0.5) is 0 Å². The summed E-state index contributed by atoms with van der Waals surface area (Å²) in [6.45, 7) is -0.274. The number of furan rings is 1. The maximum atomic E-state index is 12.4. The minimum atomic E-state index is -0.541. The summed E-state index contributed by atoms with van der Waals surface area (Å²) in [5.74, 6) is -0.921. The zero-order valence-electron chi connectivity index (χ0n) is 16.8. The van der Waals surface area contributed by atoms with E-state index in [-0.39, 0.29) is 18.1 Å². The van der Waals surface area contributed by atoms with Gasteiger partial charge in [0, 0.05) is 4.47 Å². The molecule has 2 aromatic carbocycles. The first-order valence-corrected chi connectivity index (χ1v) is 10.1. The largest absolute Gasteiger partial charge is 0.493 e. The van der Waals surface area contributed by atoms with E-state index in [1.165, 1.54) is 25.7 Å². The van der Waals surface area contributed by atoms with Crippen LogP contribution in [0.3, 0.4) is 0 Å². The van der Waals surface area contributed by atoms with Crippen LogP contribution >= 0.6 is 15.9 Å². The number of nitrogens with zero attached hydrogens (tertiary/aromatic N) is 1. The molecule has 0 atom stereocenters. The van der Waals surface area contributed by atoms with Gasteiger partial charge in [-0.25, -0.2) is 10.2 Å². The Balaban J connectivity index is 1.56. The molecular formula is C22H18BrN3O6. The van der Waals surface area contributed by atoms with Crippen molar-refractivity contribution >= 4 is 39.9 Å². The van der Waals surface area contributed by atoms with Crippen LogP contribution in [-0.4, -0.2) is 37.7 Å². The van der Waals surface area contributed by atoms with Crippen molar-refractivity contribution in [2.24, 2.45) is 5.10 Å². The Bertz CT molecular complexity index is 1140. The van der Waals surface area contributed by atoms with Crippen LogP contribution < -0.4 is 20.2 Å². The molecule has 164 valence electrons. The molecule has 0 fully saturated rings. The Morgan fingerprint density at radius 1 is 1.09 bits per heavy atom. The Labute approximate surface area is 191 Å². The minimum absolute atomic E-state index is 0.105. The van der Waals surface area contributed by atoms with Crippen LogP contribution in [0, 0.1) is 0 Å². The van der Waals surface area contributed by atoms with Crippen molar-refractivity contribution < 1.29 is 28.3 Å². The number of esters is 1. The molecule has 0 unspecified atom stereocenters. The zero-order valence-corrected chi connectivity index (χ0v) is 18.4. The van der Waals surface area contributed by atoms with Crippen molar-refractivity contribution in [3.63, 3.8) is 0 Å². The number of methoxy groups -OCH3 is 1. The second kappa shape index (κ2) is 10.9. The van der Waals surface area contributed by atoms with Gasteiger partial charge in [0.25, 0.3) is 11.8 Å². The van der Waals surface area contributed by atoms with E-state index in [0.717, 1.165) is 0 Å². The van der Waals surface area contributed by atoms with Gasteiger partial charge in [-0.2, -0.15) is 5.10 Å². The van der Waals surface area contributed by atoms with Crippen molar-refractivity contribution in [1.29, 1.82) is 0 Å². The first-order chi connectivity index (χ1) is 15.5. The Morgan fingerprint density at radius 3 is 2.62 bits per heavy atom. The number of hydrazone groups is 1. The Hall–Kier alpha value is -3.92. The van der Waals surface area contributed by atoms with Crippen LogP contribution in [0.5, 0.6) is 11.5 Å². The highest BCUT2D eigenvalue weighted by Crippen LogP contribution is 2.29. The second-order valence-corrected chi connectivity index (χ2v) is 7.09. The molecule has 3 aromatic rings. The van der Waals surface area contributed by atoms with Gasteiger partial charge >= 0.3 is 5.97 Å². The standard InChI is InChI=1S/C22H18BrN3O6/c1-30-19-11-14(8-9-17(19)32-22(29)15-5-2-3-6-16(15)23)12-25-26-20(27)13-24-21(28)18-7-4-10-31-18/h2-12H,13H2,1H3,(H,24,28)(H,26,27). The van der Waals surface area contributed by atoms with E-state index in [2.05, 4.69) is 31.8 Å². The SMILES string of the molecule is COc1cc(C=NNC(=O)CNC(=O)c2ccco2)ccc1OC(=O)c1ccccc1Br. The molecular weight excluding hydrogens is 482 g/mol. The molecule has 1 heterocycles. The highest BCUT2D eigenvalue weighted by atomic mass is 79.9. The summed E-state index contributed by atoms with van der Waals surface area (Å²) in [6, 6.07) is 14.7.